The highest BCUT2D eigenvalue weighted by atomic mass is 16.5. The largest absolute Gasteiger partial charge is 0.481 e. The molecule has 7 nitrogen and oxygen atoms in total. The van der Waals surface area contributed by atoms with Gasteiger partial charge in [0, 0.05) is 13.7 Å². The second-order valence-corrected chi connectivity index (χ2v) is 3.09. The molecule has 0 saturated heterocycles. The Hall–Kier alpha value is -1.18. The van der Waals surface area contributed by atoms with E-state index >= 15 is 0 Å². The molecule has 0 bridgehead atoms. The fraction of sp³-hybridized carbons (Fsp3) is 0.818. The molecule has 0 rings (SSSR count). The summed E-state index contributed by atoms with van der Waals surface area (Å²) in [6, 6.07) is 0. The van der Waals surface area contributed by atoms with Crippen LogP contribution in [0.2, 0.25) is 0 Å². The minimum Gasteiger partial charge on any atom is -0.481 e. The van der Waals surface area contributed by atoms with E-state index in [1.165, 1.54) is 0 Å². The summed E-state index contributed by atoms with van der Waals surface area (Å²) in [6.45, 7) is 5.38. The van der Waals surface area contributed by atoms with Gasteiger partial charge in [-0.15, -0.1) is 0 Å². The predicted molar refractivity (Wildman–Crippen MR) is 63.7 cm³/mol. The quantitative estimate of drug-likeness (QED) is 0.559. The van der Waals surface area contributed by atoms with Crippen molar-refractivity contribution in [3.63, 3.8) is 0 Å². The lowest BCUT2D eigenvalue weighted by Gasteiger charge is -2.02. The van der Waals surface area contributed by atoms with Crippen LogP contribution in [-0.2, 0) is 23.8 Å². The molecule has 0 radical (unpaired) electrons. The number of rotatable bonds is 10. The summed E-state index contributed by atoms with van der Waals surface area (Å²) in [4.78, 5) is 19.3. The normalized spacial score (nSPS) is 9.44. The molecule has 0 aromatic rings. The molecule has 0 heterocycles. The highest BCUT2D eigenvalue weighted by molar-refractivity contribution is 5.75. The molecule has 7 heteroatoms. The Kier molecular flexibility index (Phi) is 16.8. The van der Waals surface area contributed by atoms with Crippen LogP contribution in [0.4, 0.5) is 0 Å². The summed E-state index contributed by atoms with van der Waals surface area (Å²) in [6.07, 6.45) is -0.593. The standard InChI is InChI=1S/C7H16O3.C4H6O4/c1-3-9-6-7-10-5-4-8-2;5-3(6)1-2-4(7)8/h3-7H2,1-2H3;1-2H2,(H,5,6)(H,7,8). The van der Waals surface area contributed by atoms with E-state index in [0.717, 1.165) is 6.61 Å². The molecule has 18 heavy (non-hydrogen) atoms. The first-order valence-electron chi connectivity index (χ1n) is 5.62. The van der Waals surface area contributed by atoms with Crippen LogP contribution in [0, 0.1) is 0 Å². The van der Waals surface area contributed by atoms with Crippen molar-refractivity contribution in [3.8, 4) is 0 Å². The first-order chi connectivity index (χ1) is 8.54. The van der Waals surface area contributed by atoms with Gasteiger partial charge < -0.3 is 24.4 Å². The molecule has 0 saturated carbocycles. The molecule has 0 unspecified atom stereocenters. The van der Waals surface area contributed by atoms with Crippen molar-refractivity contribution in [1.29, 1.82) is 0 Å². The van der Waals surface area contributed by atoms with Crippen LogP contribution in [0.3, 0.4) is 0 Å². The van der Waals surface area contributed by atoms with Crippen LogP contribution in [0.15, 0.2) is 0 Å². The molecule has 0 spiro atoms. The SMILES string of the molecule is CCOCCOCCOC.O=C(O)CCC(=O)O. The average molecular weight is 266 g/mol. The predicted octanol–water partition coefficient (Wildman–Crippen LogP) is 0.622. The van der Waals surface area contributed by atoms with Gasteiger partial charge in [0.15, 0.2) is 0 Å². The molecular formula is C11H22O7. The van der Waals surface area contributed by atoms with Gasteiger partial charge in [-0.3, -0.25) is 9.59 Å². The second kappa shape index (κ2) is 15.8. The number of carboxylic acids is 2. The van der Waals surface area contributed by atoms with E-state index in [1.807, 2.05) is 6.92 Å². The molecule has 0 aliphatic rings. The number of hydrogen-bond acceptors (Lipinski definition) is 5. The Morgan fingerprint density at radius 2 is 1.33 bits per heavy atom. The van der Waals surface area contributed by atoms with E-state index in [1.54, 1.807) is 7.11 Å². The summed E-state index contributed by atoms with van der Waals surface area (Å²) in [5.41, 5.74) is 0. The average Bonchev–Trinajstić information content (AvgIpc) is 2.32. The lowest BCUT2D eigenvalue weighted by molar-refractivity contribution is -0.143. The summed E-state index contributed by atoms with van der Waals surface area (Å²) < 4.78 is 15.0. The van der Waals surface area contributed by atoms with Crippen molar-refractivity contribution >= 4 is 11.9 Å². The van der Waals surface area contributed by atoms with E-state index in [9.17, 15) is 9.59 Å². The lowest BCUT2D eigenvalue weighted by atomic mass is 10.3. The minimum absolute atomic E-state index is 0.296. The van der Waals surface area contributed by atoms with Gasteiger partial charge in [0.2, 0.25) is 0 Å². The van der Waals surface area contributed by atoms with Crippen LogP contribution in [0.25, 0.3) is 0 Å². The van der Waals surface area contributed by atoms with Crippen LogP contribution in [0.5, 0.6) is 0 Å². The van der Waals surface area contributed by atoms with Crippen molar-refractivity contribution in [2.24, 2.45) is 0 Å². The van der Waals surface area contributed by atoms with Gasteiger partial charge in [0.25, 0.3) is 0 Å². The highest BCUT2D eigenvalue weighted by Gasteiger charge is 2.00. The minimum atomic E-state index is -1.08. The van der Waals surface area contributed by atoms with Gasteiger partial charge >= 0.3 is 11.9 Å². The molecule has 0 amide bonds. The van der Waals surface area contributed by atoms with Crippen LogP contribution < -0.4 is 0 Å². The smallest absolute Gasteiger partial charge is 0.303 e. The van der Waals surface area contributed by atoms with Crippen LogP contribution in [0.1, 0.15) is 19.8 Å². The maximum absolute atomic E-state index is 9.64. The molecule has 108 valence electrons. The maximum Gasteiger partial charge on any atom is 0.303 e. The van der Waals surface area contributed by atoms with Crippen molar-refractivity contribution in [2.75, 3.05) is 40.1 Å². The zero-order valence-corrected chi connectivity index (χ0v) is 10.9. The van der Waals surface area contributed by atoms with E-state index in [4.69, 9.17) is 24.4 Å². The number of methoxy groups -OCH3 is 1. The second-order valence-electron chi connectivity index (χ2n) is 3.09. The monoisotopic (exact) mass is 266 g/mol. The number of aliphatic carboxylic acids is 2. The van der Waals surface area contributed by atoms with Gasteiger partial charge in [-0.1, -0.05) is 0 Å². The molecule has 0 aliphatic carbocycles. The molecule has 0 aromatic carbocycles. The van der Waals surface area contributed by atoms with Crippen LogP contribution >= 0.6 is 0 Å². The Morgan fingerprint density at radius 3 is 1.72 bits per heavy atom. The topological polar surface area (TPSA) is 102 Å². The summed E-state index contributed by atoms with van der Waals surface area (Å²) in [5.74, 6) is -2.15. The Balaban J connectivity index is 0. The Bertz CT molecular complexity index is 184. The number of carbonyl (C=O) groups is 2. The zero-order valence-electron chi connectivity index (χ0n) is 10.9. The van der Waals surface area contributed by atoms with Crippen LogP contribution in [-0.4, -0.2) is 62.3 Å². The lowest BCUT2D eigenvalue weighted by Crippen LogP contribution is -2.07. The zero-order chi connectivity index (χ0) is 14.2. The van der Waals surface area contributed by atoms with Crippen molar-refractivity contribution in [1.82, 2.24) is 0 Å². The molecular weight excluding hydrogens is 244 g/mol. The highest BCUT2D eigenvalue weighted by Crippen LogP contribution is 1.86. The number of ether oxygens (including phenoxy) is 3. The summed E-state index contributed by atoms with van der Waals surface area (Å²) in [5, 5.41) is 15.8. The van der Waals surface area contributed by atoms with Gasteiger partial charge in [-0.2, -0.15) is 0 Å². The summed E-state index contributed by atoms with van der Waals surface area (Å²) >= 11 is 0. The molecule has 2 N–H and O–H groups in total. The molecule has 0 atom stereocenters. The molecule has 0 fully saturated rings. The van der Waals surface area contributed by atoms with E-state index in [2.05, 4.69) is 0 Å². The molecule has 0 aliphatic heterocycles. The van der Waals surface area contributed by atoms with Crippen molar-refractivity contribution in [3.05, 3.63) is 0 Å². The van der Waals surface area contributed by atoms with Gasteiger partial charge in [-0.25, -0.2) is 0 Å². The van der Waals surface area contributed by atoms with Crippen molar-refractivity contribution in [2.45, 2.75) is 19.8 Å². The third kappa shape index (κ3) is 24.2. The van der Waals surface area contributed by atoms with Gasteiger partial charge in [0.05, 0.1) is 39.3 Å². The Morgan fingerprint density at radius 1 is 0.889 bits per heavy atom. The fourth-order valence-corrected chi connectivity index (χ4v) is 0.720. The Labute approximate surface area is 107 Å². The van der Waals surface area contributed by atoms with E-state index in [0.29, 0.717) is 26.4 Å². The first-order valence-corrected chi connectivity index (χ1v) is 5.62. The van der Waals surface area contributed by atoms with Crippen molar-refractivity contribution < 1.29 is 34.0 Å². The first kappa shape index (κ1) is 19.2. The van der Waals surface area contributed by atoms with Gasteiger partial charge in [0.1, 0.15) is 0 Å². The maximum atomic E-state index is 9.64. The third-order valence-corrected chi connectivity index (χ3v) is 1.56. The van der Waals surface area contributed by atoms with Gasteiger partial charge in [-0.05, 0) is 6.92 Å². The fourth-order valence-electron chi connectivity index (χ4n) is 0.720. The van der Waals surface area contributed by atoms with E-state index in [-0.39, 0.29) is 12.8 Å². The number of carboxylic acid groups (broad SMARTS) is 2. The number of hydrogen-bond donors (Lipinski definition) is 2. The van der Waals surface area contributed by atoms with E-state index < -0.39 is 11.9 Å². The third-order valence-electron chi connectivity index (χ3n) is 1.56. The molecule has 0 aromatic heterocycles. The summed E-state index contributed by atoms with van der Waals surface area (Å²) in [7, 11) is 1.66.